The SMILES string of the molecule is CCCCNS(=O)(=O)c1ccc(C(=O)NCc2ccccc2OC)cc1. The molecule has 26 heavy (non-hydrogen) atoms. The highest BCUT2D eigenvalue weighted by atomic mass is 32.2. The summed E-state index contributed by atoms with van der Waals surface area (Å²) in [5.74, 6) is 0.422. The van der Waals surface area contributed by atoms with Crippen LogP contribution in [0.25, 0.3) is 0 Å². The van der Waals surface area contributed by atoms with Crippen molar-refractivity contribution in [3.63, 3.8) is 0 Å². The molecule has 0 radical (unpaired) electrons. The maximum Gasteiger partial charge on any atom is 0.251 e. The Kier molecular flexibility index (Phi) is 7.17. The smallest absolute Gasteiger partial charge is 0.251 e. The van der Waals surface area contributed by atoms with E-state index in [-0.39, 0.29) is 10.8 Å². The molecular formula is C19H24N2O4S. The highest BCUT2D eigenvalue weighted by Gasteiger charge is 2.14. The van der Waals surface area contributed by atoms with Crippen LogP contribution < -0.4 is 14.8 Å². The van der Waals surface area contributed by atoms with E-state index in [1.807, 2.05) is 31.2 Å². The lowest BCUT2D eigenvalue weighted by molar-refractivity contribution is 0.0950. The molecule has 0 saturated heterocycles. The fourth-order valence-corrected chi connectivity index (χ4v) is 3.45. The van der Waals surface area contributed by atoms with Crippen LogP contribution in [0.3, 0.4) is 0 Å². The number of para-hydroxylation sites is 1. The molecule has 2 aromatic rings. The minimum Gasteiger partial charge on any atom is -0.496 e. The van der Waals surface area contributed by atoms with Gasteiger partial charge in [-0.05, 0) is 36.8 Å². The zero-order valence-electron chi connectivity index (χ0n) is 15.0. The van der Waals surface area contributed by atoms with Crippen molar-refractivity contribution in [2.45, 2.75) is 31.2 Å². The first-order valence-electron chi connectivity index (χ1n) is 8.47. The Morgan fingerprint density at radius 3 is 2.42 bits per heavy atom. The van der Waals surface area contributed by atoms with E-state index in [1.165, 1.54) is 24.3 Å². The molecule has 0 fully saturated rings. The number of sulfonamides is 1. The van der Waals surface area contributed by atoms with E-state index in [1.54, 1.807) is 7.11 Å². The first kappa shape index (κ1) is 19.9. The number of rotatable bonds is 9. The number of hydrogen-bond donors (Lipinski definition) is 2. The fraction of sp³-hybridized carbons (Fsp3) is 0.316. The van der Waals surface area contributed by atoms with Gasteiger partial charge in [-0.25, -0.2) is 13.1 Å². The molecule has 140 valence electrons. The first-order chi connectivity index (χ1) is 12.5. The van der Waals surface area contributed by atoms with E-state index in [4.69, 9.17) is 4.74 Å². The predicted octanol–water partition coefficient (Wildman–Crippen LogP) is 2.70. The van der Waals surface area contributed by atoms with Gasteiger partial charge in [-0.1, -0.05) is 31.5 Å². The number of carbonyl (C=O) groups is 1. The van der Waals surface area contributed by atoms with Gasteiger partial charge < -0.3 is 10.1 Å². The van der Waals surface area contributed by atoms with Crippen LogP contribution in [0, 0.1) is 0 Å². The van der Waals surface area contributed by atoms with Crippen LogP contribution in [0.1, 0.15) is 35.7 Å². The monoisotopic (exact) mass is 376 g/mol. The topological polar surface area (TPSA) is 84.5 Å². The number of methoxy groups -OCH3 is 1. The van der Waals surface area contributed by atoms with Gasteiger partial charge in [-0.15, -0.1) is 0 Å². The van der Waals surface area contributed by atoms with Crippen LogP contribution in [0.5, 0.6) is 5.75 Å². The van der Waals surface area contributed by atoms with Crippen molar-refractivity contribution < 1.29 is 17.9 Å². The van der Waals surface area contributed by atoms with Crippen LogP contribution >= 0.6 is 0 Å². The Hall–Kier alpha value is -2.38. The quantitative estimate of drug-likeness (QED) is 0.659. The molecule has 0 aromatic heterocycles. The molecule has 0 atom stereocenters. The molecule has 0 aliphatic rings. The second-order valence-corrected chi connectivity index (χ2v) is 7.54. The molecule has 0 aliphatic heterocycles. The van der Waals surface area contributed by atoms with Crippen molar-refractivity contribution in [2.75, 3.05) is 13.7 Å². The summed E-state index contributed by atoms with van der Waals surface area (Å²) in [6.45, 7) is 2.72. The van der Waals surface area contributed by atoms with Crippen molar-refractivity contribution in [1.29, 1.82) is 0 Å². The summed E-state index contributed by atoms with van der Waals surface area (Å²) in [5, 5.41) is 2.81. The average Bonchev–Trinajstić information content (AvgIpc) is 2.66. The van der Waals surface area contributed by atoms with E-state index >= 15 is 0 Å². The van der Waals surface area contributed by atoms with E-state index in [0.717, 1.165) is 18.4 Å². The number of ether oxygens (including phenoxy) is 1. The maximum absolute atomic E-state index is 12.3. The summed E-state index contributed by atoms with van der Waals surface area (Å²) < 4.78 is 32.1. The van der Waals surface area contributed by atoms with Crippen molar-refractivity contribution in [1.82, 2.24) is 10.0 Å². The molecule has 0 bridgehead atoms. The summed E-state index contributed by atoms with van der Waals surface area (Å²) in [5.41, 5.74) is 1.26. The second-order valence-electron chi connectivity index (χ2n) is 5.77. The molecule has 0 aliphatic carbocycles. The number of benzene rings is 2. The lowest BCUT2D eigenvalue weighted by Crippen LogP contribution is -2.25. The molecule has 7 heteroatoms. The number of carbonyl (C=O) groups excluding carboxylic acids is 1. The van der Waals surface area contributed by atoms with Gasteiger partial charge in [0.1, 0.15) is 5.75 Å². The summed E-state index contributed by atoms with van der Waals surface area (Å²) in [6, 6.07) is 13.3. The molecule has 2 rings (SSSR count). The van der Waals surface area contributed by atoms with Crippen LogP contribution in [-0.2, 0) is 16.6 Å². The van der Waals surface area contributed by atoms with Gasteiger partial charge in [0.25, 0.3) is 5.91 Å². The van der Waals surface area contributed by atoms with Crippen molar-refractivity contribution in [3.05, 3.63) is 59.7 Å². The molecule has 6 nitrogen and oxygen atoms in total. The first-order valence-corrected chi connectivity index (χ1v) is 9.96. The summed E-state index contributed by atoms with van der Waals surface area (Å²) in [4.78, 5) is 12.4. The van der Waals surface area contributed by atoms with Gasteiger partial charge >= 0.3 is 0 Å². The van der Waals surface area contributed by atoms with Gasteiger partial charge in [0.05, 0.1) is 12.0 Å². The van der Waals surface area contributed by atoms with Crippen molar-refractivity contribution in [3.8, 4) is 5.75 Å². The van der Waals surface area contributed by atoms with Gasteiger partial charge in [0.2, 0.25) is 10.0 Å². The normalized spacial score (nSPS) is 11.2. The standard InChI is InChI=1S/C19H24N2O4S/c1-3-4-13-21-26(23,24)17-11-9-15(10-12-17)19(22)20-14-16-7-5-6-8-18(16)25-2/h5-12,21H,3-4,13-14H2,1-2H3,(H,20,22). The molecule has 0 spiro atoms. The van der Waals surface area contributed by atoms with E-state index in [9.17, 15) is 13.2 Å². The molecule has 2 aromatic carbocycles. The van der Waals surface area contributed by atoms with Gasteiger partial charge in [0.15, 0.2) is 0 Å². The minimum absolute atomic E-state index is 0.148. The Morgan fingerprint density at radius 1 is 1.08 bits per heavy atom. The number of amides is 1. The third-order valence-corrected chi connectivity index (χ3v) is 5.36. The highest BCUT2D eigenvalue weighted by molar-refractivity contribution is 7.89. The van der Waals surface area contributed by atoms with Crippen molar-refractivity contribution >= 4 is 15.9 Å². The Bertz CT molecular complexity index is 833. The Labute approximate surface area is 154 Å². The molecule has 0 unspecified atom stereocenters. The van der Waals surface area contributed by atoms with Gasteiger partial charge in [-0.3, -0.25) is 4.79 Å². The van der Waals surface area contributed by atoms with E-state index in [0.29, 0.717) is 24.4 Å². The predicted molar refractivity (Wildman–Crippen MR) is 101 cm³/mol. The van der Waals surface area contributed by atoms with Crippen LogP contribution in [0.2, 0.25) is 0 Å². The second kappa shape index (κ2) is 9.35. The lowest BCUT2D eigenvalue weighted by atomic mass is 10.2. The van der Waals surface area contributed by atoms with E-state index in [2.05, 4.69) is 10.0 Å². The van der Waals surface area contributed by atoms with Crippen LogP contribution in [0.4, 0.5) is 0 Å². The zero-order chi connectivity index (χ0) is 19.0. The zero-order valence-corrected chi connectivity index (χ0v) is 15.8. The molecule has 0 heterocycles. The molecule has 2 N–H and O–H groups in total. The van der Waals surface area contributed by atoms with Gasteiger partial charge in [0, 0.05) is 24.2 Å². The molecule has 1 amide bonds. The third-order valence-electron chi connectivity index (χ3n) is 3.88. The lowest BCUT2D eigenvalue weighted by Gasteiger charge is -2.10. The Morgan fingerprint density at radius 2 is 1.77 bits per heavy atom. The number of nitrogens with one attached hydrogen (secondary N) is 2. The highest BCUT2D eigenvalue weighted by Crippen LogP contribution is 2.17. The Balaban J connectivity index is 2.00. The number of unbranched alkanes of at least 4 members (excludes halogenated alkanes) is 1. The molecular weight excluding hydrogens is 352 g/mol. The summed E-state index contributed by atoms with van der Waals surface area (Å²) in [6.07, 6.45) is 1.69. The molecule has 0 saturated carbocycles. The third kappa shape index (κ3) is 5.31. The fourth-order valence-electron chi connectivity index (χ4n) is 2.38. The largest absolute Gasteiger partial charge is 0.496 e. The number of hydrogen-bond acceptors (Lipinski definition) is 4. The van der Waals surface area contributed by atoms with Crippen LogP contribution in [-0.4, -0.2) is 28.0 Å². The van der Waals surface area contributed by atoms with Gasteiger partial charge in [-0.2, -0.15) is 0 Å². The van der Waals surface area contributed by atoms with E-state index < -0.39 is 10.0 Å². The van der Waals surface area contributed by atoms with Crippen molar-refractivity contribution in [2.24, 2.45) is 0 Å². The summed E-state index contributed by atoms with van der Waals surface area (Å²) >= 11 is 0. The minimum atomic E-state index is -3.54. The maximum atomic E-state index is 12.3. The van der Waals surface area contributed by atoms with Crippen LogP contribution in [0.15, 0.2) is 53.4 Å². The summed E-state index contributed by atoms with van der Waals surface area (Å²) in [7, 11) is -1.96. The average molecular weight is 376 g/mol.